The monoisotopic (exact) mass is 271 g/mol. The maximum absolute atomic E-state index is 11.7. The number of cyclic esters (lactones) is 1. The summed E-state index contributed by atoms with van der Waals surface area (Å²) >= 11 is 0. The van der Waals surface area contributed by atoms with E-state index >= 15 is 0 Å². The van der Waals surface area contributed by atoms with Crippen molar-refractivity contribution in [3.05, 3.63) is 0 Å². The summed E-state index contributed by atoms with van der Waals surface area (Å²) in [6, 6.07) is -0.242. The molecule has 19 heavy (non-hydrogen) atoms. The smallest absolute Gasteiger partial charge is 0.323 e. The number of carbonyl (C=O) groups excluding carboxylic acids is 2. The van der Waals surface area contributed by atoms with Crippen molar-refractivity contribution in [3.8, 4) is 0 Å². The Morgan fingerprint density at radius 3 is 2.84 bits per heavy atom. The minimum Gasteiger partial charge on any atom is -0.469 e. The Morgan fingerprint density at radius 2 is 2.26 bits per heavy atom. The van der Waals surface area contributed by atoms with Gasteiger partial charge in [0, 0.05) is 26.1 Å². The van der Waals surface area contributed by atoms with Gasteiger partial charge in [0.1, 0.15) is 6.04 Å². The van der Waals surface area contributed by atoms with Crippen LogP contribution in [0.1, 0.15) is 25.7 Å². The molecule has 2 atom stereocenters. The molecule has 0 radical (unpaired) electrons. The van der Waals surface area contributed by atoms with Gasteiger partial charge in [-0.3, -0.25) is 14.5 Å². The predicted octanol–water partition coefficient (Wildman–Crippen LogP) is 0.346. The second kappa shape index (κ2) is 6.86. The molecule has 0 N–H and O–H groups in total. The first-order valence-corrected chi connectivity index (χ1v) is 6.80. The second-order valence-electron chi connectivity index (χ2n) is 4.93. The molecule has 0 saturated carbocycles. The van der Waals surface area contributed by atoms with E-state index in [9.17, 15) is 9.59 Å². The zero-order valence-electron chi connectivity index (χ0n) is 11.3. The third-order valence-corrected chi connectivity index (χ3v) is 3.64. The van der Waals surface area contributed by atoms with Crippen molar-refractivity contribution in [2.45, 2.75) is 37.8 Å². The van der Waals surface area contributed by atoms with E-state index in [0.29, 0.717) is 26.1 Å². The highest BCUT2D eigenvalue weighted by molar-refractivity contribution is 5.77. The third kappa shape index (κ3) is 3.91. The predicted molar refractivity (Wildman–Crippen MR) is 66.5 cm³/mol. The molecule has 2 heterocycles. The van der Waals surface area contributed by atoms with Crippen LogP contribution in [0.4, 0.5) is 0 Å². The summed E-state index contributed by atoms with van der Waals surface area (Å²) in [4.78, 5) is 24.9. The number of esters is 2. The number of methoxy groups -OCH3 is 1. The largest absolute Gasteiger partial charge is 0.469 e. The summed E-state index contributed by atoms with van der Waals surface area (Å²) in [5.74, 6) is -0.452. The van der Waals surface area contributed by atoms with Gasteiger partial charge in [-0.25, -0.2) is 0 Å². The molecule has 6 heteroatoms. The van der Waals surface area contributed by atoms with Crippen molar-refractivity contribution in [1.29, 1.82) is 0 Å². The highest BCUT2D eigenvalue weighted by Gasteiger charge is 2.34. The number of rotatable bonds is 6. The van der Waals surface area contributed by atoms with Crippen LogP contribution in [0.2, 0.25) is 0 Å². The Hall–Kier alpha value is -1.14. The first-order chi connectivity index (χ1) is 9.20. The van der Waals surface area contributed by atoms with Crippen LogP contribution in [0.15, 0.2) is 0 Å². The van der Waals surface area contributed by atoms with Crippen molar-refractivity contribution < 1.29 is 23.8 Å². The van der Waals surface area contributed by atoms with E-state index in [1.807, 2.05) is 4.90 Å². The molecular formula is C13H21NO5. The molecule has 0 aromatic carbocycles. The highest BCUT2D eigenvalue weighted by atomic mass is 16.5. The summed E-state index contributed by atoms with van der Waals surface area (Å²) in [6.45, 7) is 2.43. The summed E-state index contributed by atoms with van der Waals surface area (Å²) in [7, 11) is 1.37. The lowest BCUT2D eigenvalue weighted by Gasteiger charge is -2.28. The van der Waals surface area contributed by atoms with Crippen LogP contribution in [0.3, 0.4) is 0 Å². The Bertz CT molecular complexity index is 327. The summed E-state index contributed by atoms with van der Waals surface area (Å²) in [6.07, 6.45) is 3.20. The van der Waals surface area contributed by atoms with Crippen LogP contribution in [-0.4, -0.2) is 62.4 Å². The Balaban J connectivity index is 1.91. The topological polar surface area (TPSA) is 65.1 Å². The van der Waals surface area contributed by atoms with E-state index in [2.05, 4.69) is 4.74 Å². The van der Waals surface area contributed by atoms with E-state index < -0.39 is 0 Å². The minimum atomic E-state index is -0.260. The van der Waals surface area contributed by atoms with Gasteiger partial charge in [-0.1, -0.05) is 0 Å². The fraction of sp³-hybridized carbons (Fsp3) is 0.846. The number of nitrogens with zero attached hydrogens (tertiary/aromatic N) is 1. The molecule has 0 aromatic heterocycles. The summed E-state index contributed by atoms with van der Waals surface area (Å²) in [5.41, 5.74) is 0. The highest BCUT2D eigenvalue weighted by Crippen LogP contribution is 2.19. The zero-order valence-corrected chi connectivity index (χ0v) is 11.3. The number of carbonyl (C=O) groups is 2. The molecule has 0 aliphatic carbocycles. The van der Waals surface area contributed by atoms with Gasteiger partial charge < -0.3 is 14.2 Å². The quantitative estimate of drug-likeness (QED) is 0.649. The molecule has 108 valence electrons. The number of hydrogen-bond donors (Lipinski definition) is 0. The number of ether oxygens (including phenoxy) is 3. The Labute approximate surface area is 113 Å². The maximum Gasteiger partial charge on any atom is 0.323 e. The molecule has 2 fully saturated rings. The van der Waals surface area contributed by atoms with Crippen LogP contribution >= 0.6 is 0 Å². The van der Waals surface area contributed by atoms with Crippen LogP contribution < -0.4 is 0 Å². The van der Waals surface area contributed by atoms with E-state index in [1.54, 1.807) is 0 Å². The van der Waals surface area contributed by atoms with Crippen LogP contribution in [0, 0.1) is 0 Å². The van der Waals surface area contributed by atoms with Gasteiger partial charge in [0.15, 0.2) is 0 Å². The third-order valence-electron chi connectivity index (χ3n) is 3.64. The van der Waals surface area contributed by atoms with Crippen molar-refractivity contribution in [3.63, 3.8) is 0 Å². The van der Waals surface area contributed by atoms with Gasteiger partial charge in [0.2, 0.25) is 0 Å². The second-order valence-corrected chi connectivity index (χ2v) is 4.93. The van der Waals surface area contributed by atoms with Gasteiger partial charge in [0.05, 0.1) is 26.2 Å². The van der Waals surface area contributed by atoms with Crippen LogP contribution in [0.5, 0.6) is 0 Å². The molecule has 2 saturated heterocycles. The van der Waals surface area contributed by atoms with E-state index in [4.69, 9.17) is 9.47 Å². The first kappa shape index (κ1) is 14.3. The van der Waals surface area contributed by atoms with E-state index in [-0.39, 0.29) is 30.5 Å². The average molecular weight is 271 g/mol. The van der Waals surface area contributed by atoms with E-state index in [0.717, 1.165) is 19.4 Å². The van der Waals surface area contributed by atoms with Gasteiger partial charge in [-0.2, -0.15) is 0 Å². The molecule has 6 nitrogen and oxygen atoms in total. The molecule has 0 aromatic rings. The fourth-order valence-electron chi connectivity index (χ4n) is 2.58. The normalized spacial score (nSPS) is 26.7. The van der Waals surface area contributed by atoms with Gasteiger partial charge in [-0.05, 0) is 12.8 Å². The molecule has 2 aliphatic heterocycles. The van der Waals surface area contributed by atoms with Crippen LogP contribution in [0.25, 0.3) is 0 Å². The lowest BCUT2D eigenvalue weighted by Crippen LogP contribution is -2.44. The Morgan fingerprint density at radius 1 is 1.42 bits per heavy atom. The Kier molecular flexibility index (Phi) is 5.15. The lowest BCUT2D eigenvalue weighted by atomic mass is 10.1. The molecule has 2 aliphatic rings. The molecule has 0 spiro atoms. The first-order valence-electron chi connectivity index (χ1n) is 6.80. The standard InChI is InChI=1S/C13H21NO5/c1-17-12(15)4-6-14(9-10-3-2-7-18-10)11-5-8-19-13(11)16/h10-11H,2-9H2,1H3. The SMILES string of the molecule is COC(=O)CCN(CC1CCCO1)C1CCOC1=O. The molecule has 2 unspecified atom stereocenters. The van der Waals surface area contributed by atoms with Gasteiger partial charge in [-0.15, -0.1) is 0 Å². The summed E-state index contributed by atoms with van der Waals surface area (Å²) in [5, 5.41) is 0. The van der Waals surface area contributed by atoms with Crippen molar-refractivity contribution in [2.24, 2.45) is 0 Å². The van der Waals surface area contributed by atoms with Crippen molar-refractivity contribution >= 4 is 11.9 Å². The zero-order chi connectivity index (χ0) is 13.7. The molecule has 0 amide bonds. The lowest BCUT2D eigenvalue weighted by molar-refractivity contribution is -0.145. The average Bonchev–Trinajstić information content (AvgIpc) is 3.05. The molecular weight excluding hydrogens is 250 g/mol. The van der Waals surface area contributed by atoms with E-state index in [1.165, 1.54) is 7.11 Å². The van der Waals surface area contributed by atoms with Gasteiger partial charge in [0.25, 0.3) is 0 Å². The molecule has 2 rings (SSSR count). The minimum absolute atomic E-state index is 0.158. The summed E-state index contributed by atoms with van der Waals surface area (Å²) < 4.78 is 15.3. The number of hydrogen-bond acceptors (Lipinski definition) is 6. The van der Waals surface area contributed by atoms with Gasteiger partial charge >= 0.3 is 11.9 Å². The van der Waals surface area contributed by atoms with Crippen molar-refractivity contribution in [2.75, 3.05) is 33.4 Å². The maximum atomic E-state index is 11.7. The molecule has 0 bridgehead atoms. The van der Waals surface area contributed by atoms with Crippen LogP contribution in [-0.2, 0) is 23.8 Å². The van der Waals surface area contributed by atoms with Crippen molar-refractivity contribution in [1.82, 2.24) is 4.90 Å². The fourth-order valence-corrected chi connectivity index (χ4v) is 2.58.